The van der Waals surface area contributed by atoms with Gasteiger partial charge in [-0.3, -0.25) is 9.69 Å². The first kappa shape index (κ1) is 16.7. The lowest BCUT2D eigenvalue weighted by atomic mass is 10.0. The summed E-state index contributed by atoms with van der Waals surface area (Å²) in [6.45, 7) is 4.36. The minimum absolute atomic E-state index is 0.0670. The van der Waals surface area contributed by atoms with Gasteiger partial charge in [-0.1, -0.05) is 48.5 Å². The van der Waals surface area contributed by atoms with Crippen molar-refractivity contribution in [3.8, 4) is 0 Å². The van der Waals surface area contributed by atoms with Gasteiger partial charge in [0.25, 0.3) is 0 Å². The van der Waals surface area contributed by atoms with Crippen LogP contribution in [0.2, 0.25) is 0 Å². The van der Waals surface area contributed by atoms with Crippen LogP contribution in [0.1, 0.15) is 17.5 Å². The summed E-state index contributed by atoms with van der Waals surface area (Å²) in [5.74, 6) is 0.0670. The van der Waals surface area contributed by atoms with Crippen molar-refractivity contribution < 1.29 is 4.79 Å². The van der Waals surface area contributed by atoms with Crippen LogP contribution in [0, 0.1) is 0 Å². The molecule has 0 aliphatic carbocycles. The molecule has 1 fully saturated rings. The summed E-state index contributed by atoms with van der Waals surface area (Å²) >= 11 is 0. The second-order valence-corrected chi connectivity index (χ2v) is 6.25. The summed E-state index contributed by atoms with van der Waals surface area (Å²) in [4.78, 5) is 14.6. The van der Waals surface area contributed by atoms with Gasteiger partial charge in [0.2, 0.25) is 5.91 Å². The molecule has 4 nitrogen and oxygen atoms in total. The van der Waals surface area contributed by atoms with Crippen LogP contribution in [0.15, 0.2) is 54.6 Å². The highest BCUT2D eigenvalue weighted by molar-refractivity contribution is 5.93. The van der Waals surface area contributed by atoms with Crippen LogP contribution in [0.3, 0.4) is 0 Å². The molecule has 1 aliphatic heterocycles. The largest absolute Gasteiger partial charge is 0.325 e. The van der Waals surface area contributed by atoms with Gasteiger partial charge in [-0.15, -0.1) is 0 Å². The van der Waals surface area contributed by atoms with Crippen molar-refractivity contribution in [2.24, 2.45) is 0 Å². The number of para-hydroxylation sites is 1. The minimum atomic E-state index is 0.0670. The van der Waals surface area contributed by atoms with Gasteiger partial charge in [-0.05, 0) is 43.1 Å². The zero-order valence-corrected chi connectivity index (χ0v) is 14.0. The average molecular weight is 323 g/mol. The molecular formula is C20H25N3O. The summed E-state index contributed by atoms with van der Waals surface area (Å²) < 4.78 is 0. The summed E-state index contributed by atoms with van der Waals surface area (Å²) in [7, 11) is 0. The van der Waals surface area contributed by atoms with Gasteiger partial charge in [-0.25, -0.2) is 0 Å². The van der Waals surface area contributed by atoms with Crippen molar-refractivity contribution in [3.05, 3.63) is 65.7 Å². The number of amides is 1. The molecule has 0 saturated carbocycles. The fourth-order valence-corrected chi connectivity index (χ4v) is 3.06. The van der Waals surface area contributed by atoms with E-state index in [1.54, 1.807) is 0 Å². The molecule has 2 N–H and O–H groups in total. The number of hydrogen-bond acceptors (Lipinski definition) is 3. The van der Waals surface area contributed by atoms with Crippen LogP contribution in [0.4, 0.5) is 5.69 Å². The van der Waals surface area contributed by atoms with E-state index in [1.165, 1.54) is 5.56 Å². The van der Waals surface area contributed by atoms with E-state index in [0.29, 0.717) is 6.54 Å². The van der Waals surface area contributed by atoms with Gasteiger partial charge in [0.1, 0.15) is 0 Å². The number of rotatable bonds is 5. The Balaban J connectivity index is 1.63. The molecule has 0 spiro atoms. The summed E-state index contributed by atoms with van der Waals surface area (Å²) in [5.41, 5.74) is 3.31. The first-order chi connectivity index (χ1) is 11.8. The van der Waals surface area contributed by atoms with Crippen LogP contribution in [0.5, 0.6) is 0 Å². The quantitative estimate of drug-likeness (QED) is 0.889. The Hall–Kier alpha value is -2.17. The molecule has 0 unspecified atom stereocenters. The maximum Gasteiger partial charge on any atom is 0.238 e. The molecule has 4 heteroatoms. The lowest BCUT2D eigenvalue weighted by Gasteiger charge is -2.19. The lowest BCUT2D eigenvalue weighted by molar-refractivity contribution is -0.117. The molecule has 24 heavy (non-hydrogen) atoms. The highest BCUT2D eigenvalue weighted by Gasteiger charge is 2.13. The summed E-state index contributed by atoms with van der Waals surface area (Å²) in [5, 5.41) is 6.46. The van der Waals surface area contributed by atoms with Crippen molar-refractivity contribution in [3.63, 3.8) is 0 Å². The number of hydrogen-bond donors (Lipinski definition) is 2. The second kappa shape index (κ2) is 8.62. The van der Waals surface area contributed by atoms with Crippen molar-refractivity contribution in [1.29, 1.82) is 0 Å². The fourth-order valence-electron chi connectivity index (χ4n) is 3.06. The van der Waals surface area contributed by atoms with Crippen molar-refractivity contribution in [1.82, 2.24) is 10.2 Å². The molecule has 1 amide bonds. The van der Waals surface area contributed by atoms with Crippen LogP contribution < -0.4 is 10.6 Å². The Morgan fingerprint density at radius 3 is 2.67 bits per heavy atom. The Kier molecular flexibility index (Phi) is 5.99. The van der Waals surface area contributed by atoms with Gasteiger partial charge in [0.15, 0.2) is 0 Å². The molecule has 1 heterocycles. The lowest BCUT2D eigenvalue weighted by Crippen LogP contribution is -2.35. The minimum Gasteiger partial charge on any atom is -0.325 e. The van der Waals surface area contributed by atoms with E-state index in [0.717, 1.165) is 50.3 Å². The number of anilines is 1. The molecule has 0 radical (unpaired) electrons. The van der Waals surface area contributed by atoms with Crippen molar-refractivity contribution in [2.75, 3.05) is 38.0 Å². The highest BCUT2D eigenvalue weighted by Crippen LogP contribution is 2.19. The van der Waals surface area contributed by atoms with E-state index in [4.69, 9.17) is 0 Å². The fraction of sp³-hybridized carbons (Fsp3) is 0.350. The molecule has 0 atom stereocenters. The van der Waals surface area contributed by atoms with E-state index < -0.39 is 0 Å². The SMILES string of the molecule is O=C(CN1CCCNCC1)Nc1ccccc1Cc1ccccc1. The van der Waals surface area contributed by atoms with Crippen molar-refractivity contribution >= 4 is 11.6 Å². The number of benzene rings is 2. The van der Waals surface area contributed by atoms with Gasteiger partial charge in [-0.2, -0.15) is 0 Å². The molecule has 2 aromatic carbocycles. The molecule has 1 saturated heterocycles. The normalized spacial score (nSPS) is 15.7. The maximum absolute atomic E-state index is 12.4. The molecule has 3 rings (SSSR count). The third kappa shape index (κ3) is 4.91. The Morgan fingerprint density at radius 2 is 1.79 bits per heavy atom. The molecule has 0 bridgehead atoms. The molecule has 1 aliphatic rings. The second-order valence-electron chi connectivity index (χ2n) is 6.25. The first-order valence-electron chi connectivity index (χ1n) is 8.66. The Morgan fingerprint density at radius 1 is 1.00 bits per heavy atom. The van der Waals surface area contributed by atoms with Crippen molar-refractivity contribution in [2.45, 2.75) is 12.8 Å². The van der Waals surface area contributed by atoms with Gasteiger partial charge >= 0.3 is 0 Å². The topological polar surface area (TPSA) is 44.4 Å². The highest BCUT2D eigenvalue weighted by atomic mass is 16.2. The van der Waals surface area contributed by atoms with Gasteiger partial charge in [0.05, 0.1) is 6.54 Å². The third-order valence-corrected chi connectivity index (χ3v) is 4.33. The van der Waals surface area contributed by atoms with E-state index in [9.17, 15) is 4.79 Å². The predicted molar refractivity (Wildman–Crippen MR) is 98.2 cm³/mol. The first-order valence-corrected chi connectivity index (χ1v) is 8.66. The Labute approximate surface area is 143 Å². The van der Waals surface area contributed by atoms with Gasteiger partial charge < -0.3 is 10.6 Å². The van der Waals surface area contributed by atoms with E-state index in [2.05, 4.69) is 33.7 Å². The van der Waals surface area contributed by atoms with Crippen LogP contribution >= 0.6 is 0 Å². The zero-order valence-electron chi connectivity index (χ0n) is 14.0. The van der Waals surface area contributed by atoms with E-state index >= 15 is 0 Å². The average Bonchev–Trinajstić information content (AvgIpc) is 2.86. The standard InChI is InChI=1S/C20H25N3O/c24-20(16-23-13-6-11-21-12-14-23)22-19-10-5-4-9-18(19)15-17-7-2-1-3-8-17/h1-5,7-10,21H,6,11-16H2,(H,22,24). The van der Waals surface area contributed by atoms with E-state index in [1.807, 2.05) is 36.4 Å². The monoisotopic (exact) mass is 323 g/mol. The third-order valence-electron chi connectivity index (χ3n) is 4.33. The van der Waals surface area contributed by atoms with Crippen LogP contribution in [0.25, 0.3) is 0 Å². The molecular weight excluding hydrogens is 298 g/mol. The number of nitrogens with one attached hydrogen (secondary N) is 2. The van der Waals surface area contributed by atoms with E-state index in [-0.39, 0.29) is 5.91 Å². The summed E-state index contributed by atoms with van der Waals surface area (Å²) in [6.07, 6.45) is 1.92. The van der Waals surface area contributed by atoms with Crippen LogP contribution in [-0.2, 0) is 11.2 Å². The number of nitrogens with zero attached hydrogens (tertiary/aromatic N) is 1. The summed E-state index contributed by atoms with van der Waals surface area (Å²) in [6, 6.07) is 18.4. The number of carbonyl (C=O) groups excluding carboxylic acids is 1. The maximum atomic E-state index is 12.4. The van der Waals surface area contributed by atoms with Gasteiger partial charge in [0, 0.05) is 18.8 Å². The van der Waals surface area contributed by atoms with Crippen LogP contribution in [-0.4, -0.2) is 43.5 Å². The Bertz CT molecular complexity index is 649. The number of carbonyl (C=O) groups is 1. The molecule has 2 aromatic rings. The zero-order chi connectivity index (χ0) is 16.6. The molecule has 0 aromatic heterocycles. The predicted octanol–water partition coefficient (Wildman–Crippen LogP) is 2.51. The smallest absolute Gasteiger partial charge is 0.238 e. The molecule has 126 valence electrons.